The molecule has 0 aliphatic heterocycles. The fraction of sp³-hybridized carbons (Fsp3) is 0.286. The Kier molecular flexibility index (Phi) is 2.63. The van der Waals surface area contributed by atoms with Gasteiger partial charge in [-0.1, -0.05) is 29.4 Å². The molecule has 0 unspecified atom stereocenters. The van der Waals surface area contributed by atoms with Crippen LogP contribution in [0.3, 0.4) is 0 Å². The average molecular weight is 200 g/mol. The second kappa shape index (κ2) is 3.93. The van der Waals surface area contributed by atoms with Crippen molar-refractivity contribution in [1.29, 1.82) is 0 Å². The minimum atomic E-state index is 0.926. The van der Waals surface area contributed by atoms with Gasteiger partial charge in [0.05, 0.1) is 7.11 Å². The van der Waals surface area contributed by atoms with E-state index in [1.165, 1.54) is 22.3 Å². The summed E-state index contributed by atoms with van der Waals surface area (Å²) in [7, 11) is 1.71. The predicted octanol–water partition coefficient (Wildman–Crippen LogP) is 3.82. The number of benzene rings is 1. The minimum absolute atomic E-state index is 0.926. The van der Waals surface area contributed by atoms with Gasteiger partial charge in [0.15, 0.2) is 0 Å². The highest BCUT2D eigenvalue weighted by atomic mass is 16.5. The number of rotatable bonds is 2. The lowest BCUT2D eigenvalue weighted by Crippen LogP contribution is -1.86. The lowest BCUT2D eigenvalue weighted by atomic mass is 10.0. The molecule has 0 atom stereocenters. The van der Waals surface area contributed by atoms with Gasteiger partial charge in [0.2, 0.25) is 0 Å². The van der Waals surface area contributed by atoms with Crippen LogP contribution in [0.15, 0.2) is 41.5 Å². The predicted molar refractivity (Wildman–Crippen MR) is 64.0 cm³/mol. The Morgan fingerprint density at radius 2 is 2.00 bits per heavy atom. The normalized spacial score (nSPS) is 15.5. The Bertz CT molecular complexity index is 438. The van der Waals surface area contributed by atoms with Gasteiger partial charge in [-0.3, -0.25) is 0 Å². The molecule has 1 aromatic carbocycles. The molecule has 0 aromatic heterocycles. The molecule has 0 spiro atoms. The van der Waals surface area contributed by atoms with E-state index in [1.54, 1.807) is 7.11 Å². The van der Waals surface area contributed by atoms with Crippen molar-refractivity contribution >= 4 is 5.57 Å². The maximum Gasteiger partial charge on any atom is 0.119 e. The van der Waals surface area contributed by atoms with Crippen molar-refractivity contribution in [2.75, 3.05) is 7.11 Å². The Hall–Kier alpha value is -1.50. The number of ether oxygens (including phenoxy) is 1. The van der Waals surface area contributed by atoms with Gasteiger partial charge in [0.1, 0.15) is 5.75 Å². The fourth-order valence-electron chi connectivity index (χ4n) is 1.87. The van der Waals surface area contributed by atoms with Crippen LogP contribution in [0.1, 0.15) is 25.8 Å². The standard InChI is InChI=1S/C14H16O/c1-10-7-13(8-11(10)2)12-5-4-6-14(9-12)15-3/h4-7,9H,8H2,1-3H3. The maximum atomic E-state index is 5.23. The topological polar surface area (TPSA) is 9.23 Å². The van der Waals surface area contributed by atoms with Crippen molar-refractivity contribution < 1.29 is 4.74 Å². The first-order valence-electron chi connectivity index (χ1n) is 5.22. The summed E-state index contributed by atoms with van der Waals surface area (Å²) in [5.74, 6) is 0.926. The molecule has 0 amide bonds. The number of allylic oxidation sites excluding steroid dienone is 4. The van der Waals surface area contributed by atoms with Gasteiger partial charge in [-0.15, -0.1) is 0 Å². The summed E-state index contributed by atoms with van der Waals surface area (Å²) < 4.78 is 5.23. The zero-order valence-corrected chi connectivity index (χ0v) is 9.50. The summed E-state index contributed by atoms with van der Waals surface area (Å²) in [5.41, 5.74) is 5.52. The van der Waals surface area contributed by atoms with E-state index < -0.39 is 0 Å². The van der Waals surface area contributed by atoms with E-state index in [-0.39, 0.29) is 0 Å². The second-order valence-electron chi connectivity index (χ2n) is 4.04. The SMILES string of the molecule is COc1cccc(C2=CC(C)=C(C)C2)c1. The second-order valence-corrected chi connectivity index (χ2v) is 4.04. The molecular weight excluding hydrogens is 184 g/mol. The van der Waals surface area contributed by atoms with Crippen LogP contribution in [0.2, 0.25) is 0 Å². The van der Waals surface area contributed by atoms with Crippen LogP contribution in [0.25, 0.3) is 5.57 Å². The Morgan fingerprint density at radius 3 is 2.60 bits per heavy atom. The van der Waals surface area contributed by atoms with Gasteiger partial charge in [0.25, 0.3) is 0 Å². The van der Waals surface area contributed by atoms with E-state index in [0.29, 0.717) is 0 Å². The summed E-state index contributed by atoms with van der Waals surface area (Å²) in [6.45, 7) is 4.36. The van der Waals surface area contributed by atoms with Gasteiger partial charge in [0, 0.05) is 0 Å². The van der Waals surface area contributed by atoms with Crippen LogP contribution in [0.5, 0.6) is 5.75 Å². The van der Waals surface area contributed by atoms with Crippen LogP contribution >= 0.6 is 0 Å². The molecule has 1 heteroatoms. The van der Waals surface area contributed by atoms with Gasteiger partial charge in [-0.25, -0.2) is 0 Å². The third-order valence-electron chi connectivity index (χ3n) is 2.96. The zero-order chi connectivity index (χ0) is 10.8. The lowest BCUT2D eigenvalue weighted by molar-refractivity contribution is 0.414. The van der Waals surface area contributed by atoms with Crippen LogP contribution < -0.4 is 4.74 Å². The van der Waals surface area contributed by atoms with E-state index in [2.05, 4.69) is 32.1 Å². The molecule has 0 N–H and O–H groups in total. The van der Waals surface area contributed by atoms with Crippen LogP contribution in [-0.2, 0) is 0 Å². The molecule has 15 heavy (non-hydrogen) atoms. The van der Waals surface area contributed by atoms with E-state index in [9.17, 15) is 0 Å². The van der Waals surface area contributed by atoms with Crippen LogP contribution in [0.4, 0.5) is 0 Å². The van der Waals surface area contributed by atoms with Crippen molar-refractivity contribution in [2.24, 2.45) is 0 Å². The molecule has 0 bridgehead atoms. The third kappa shape index (κ3) is 1.96. The fourth-order valence-corrected chi connectivity index (χ4v) is 1.87. The minimum Gasteiger partial charge on any atom is -0.497 e. The summed E-state index contributed by atoms with van der Waals surface area (Å²) in [5, 5.41) is 0. The molecule has 1 aliphatic carbocycles. The first kappa shape index (κ1) is 10.0. The van der Waals surface area contributed by atoms with Crippen molar-refractivity contribution in [2.45, 2.75) is 20.3 Å². The zero-order valence-electron chi connectivity index (χ0n) is 9.50. The van der Waals surface area contributed by atoms with E-state index >= 15 is 0 Å². The molecule has 0 saturated heterocycles. The van der Waals surface area contributed by atoms with Gasteiger partial charge in [-0.05, 0) is 43.5 Å². The van der Waals surface area contributed by atoms with Crippen LogP contribution in [-0.4, -0.2) is 7.11 Å². The van der Waals surface area contributed by atoms with Crippen molar-refractivity contribution in [3.8, 4) is 5.75 Å². The van der Waals surface area contributed by atoms with E-state index in [0.717, 1.165) is 12.2 Å². The molecule has 0 saturated carbocycles. The molecule has 2 rings (SSSR count). The molecule has 1 nitrogen and oxygen atoms in total. The number of hydrogen-bond acceptors (Lipinski definition) is 1. The largest absolute Gasteiger partial charge is 0.497 e. The molecule has 1 aliphatic rings. The highest BCUT2D eigenvalue weighted by molar-refractivity contribution is 5.74. The van der Waals surface area contributed by atoms with Gasteiger partial charge in [-0.2, -0.15) is 0 Å². The van der Waals surface area contributed by atoms with E-state index in [1.807, 2.05) is 12.1 Å². The smallest absolute Gasteiger partial charge is 0.119 e. The van der Waals surface area contributed by atoms with Crippen LogP contribution in [0, 0.1) is 0 Å². The van der Waals surface area contributed by atoms with Crippen molar-refractivity contribution in [3.63, 3.8) is 0 Å². The molecule has 0 heterocycles. The molecule has 0 fully saturated rings. The Morgan fingerprint density at radius 1 is 1.20 bits per heavy atom. The van der Waals surface area contributed by atoms with Crippen molar-refractivity contribution in [1.82, 2.24) is 0 Å². The quantitative estimate of drug-likeness (QED) is 0.705. The summed E-state index contributed by atoms with van der Waals surface area (Å²) in [4.78, 5) is 0. The average Bonchev–Trinajstić information content (AvgIpc) is 2.59. The molecule has 0 radical (unpaired) electrons. The summed E-state index contributed by atoms with van der Waals surface area (Å²) in [6.07, 6.45) is 3.34. The molecule has 1 aromatic rings. The maximum absolute atomic E-state index is 5.23. The monoisotopic (exact) mass is 200 g/mol. The lowest BCUT2D eigenvalue weighted by Gasteiger charge is -2.05. The summed E-state index contributed by atoms with van der Waals surface area (Å²) >= 11 is 0. The van der Waals surface area contributed by atoms with E-state index in [4.69, 9.17) is 4.74 Å². The third-order valence-corrected chi connectivity index (χ3v) is 2.96. The number of methoxy groups -OCH3 is 1. The first-order valence-corrected chi connectivity index (χ1v) is 5.22. The Balaban J connectivity index is 2.29. The highest BCUT2D eigenvalue weighted by Crippen LogP contribution is 2.32. The molecular formula is C14H16O. The van der Waals surface area contributed by atoms with Gasteiger partial charge >= 0.3 is 0 Å². The highest BCUT2D eigenvalue weighted by Gasteiger charge is 2.11. The van der Waals surface area contributed by atoms with Gasteiger partial charge < -0.3 is 4.74 Å². The first-order chi connectivity index (χ1) is 7.20. The molecule has 78 valence electrons. The van der Waals surface area contributed by atoms with Crippen molar-refractivity contribution in [3.05, 3.63) is 47.1 Å². The number of hydrogen-bond donors (Lipinski definition) is 0. The Labute approximate surface area is 91.1 Å². The summed E-state index contributed by atoms with van der Waals surface area (Å²) in [6, 6.07) is 8.25.